The van der Waals surface area contributed by atoms with Gasteiger partial charge in [0.2, 0.25) is 0 Å². The number of aromatic nitrogens is 1. The molecule has 0 bridgehead atoms. The minimum absolute atomic E-state index is 0.0184. The van der Waals surface area contributed by atoms with Gasteiger partial charge in [0.1, 0.15) is 18.2 Å². The lowest BCUT2D eigenvalue weighted by molar-refractivity contribution is 0.0681. The topological polar surface area (TPSA) is 43.4 Å². The van der Waals surface area contributed by atoms with Crippen LogP contribution in [0.25, 0.3) is 0 Å². The number of benzene rings is 1. The molecule has 5 heteroatoms. The van der Waals surface area contributed by atoms with Crippen LogP contribution >= 0.6 is 0 Å². The van der Waals surface area contributed by atoms with E-state index in [1.54, 1.807) is 18.5 Å². The third kappa shape index (κ3) is 4.20. The van der Waals surface area contributed by atoms with E-state index in [4.69, 9.17) is 9.47 Å². The Morgan fingerprint density at radius 2 is 2.17 bits per heavy atom. The predicted molar refractivity (Wildman–Crippen MR) is 87.1 cm³/mol. The second kappa shape index (κ2) is 7.42. The Morgan fingerprint density at radius 3 is 2.91 bits per heavy atom. The standard InChI is InChI=1S/C18H21FN2O2/c1-13(14-6-8-20-9-7-14)21-17-11-15(19)4-5-18(17)23-12-16-3-2-10-22-16/h4-9,11,13,16,21H,2-3,10,12H2,1H3/t13-,16+/m1/s1. The monoisotopic (exact) mass is 316 g/mol. The first-order valence-corrected chi connectivity index (χ1v) is 7.93. The summed E-state index contributed by atoms with van der Waals surface area (Å²) >= 11 is 0. The molecular weight excluding hydrogens is 295 g/mol. The molecule has 2 atom stereocenters. The van der Waals surface area contributed by atoms with Crippen LogP contribution in [0.15, 0.2) is 42.7 Å². The molecule has 0 radical (unpaired) electrons. The van der Waals surface area contributed by atoms with Crippen LogP contribution in [0.4, 0.5) is 10.1 Å². The van der Waals surface area contributed by atoms with Gasteiger partial charge in [-0.1, -0.05) is 0 Å². The molecule has 1 fully saturated rings. The van der Waals surface area contributed by atoms with Gasteiger partial charge < -0.3 is 14.8 Å². The number of pyridine rings is 1. The second-order valence-corrected chi connectivity index (χ2v) is 5.73. The van der Waals surface area contributed by atoms with Gasteiger partial charge in [-0.2, -0.15) is 0 Å². The molecule has 1 aromatic heterocycles. The Morgan fingerprint density at radius 1 is 1.35 bits per heavy atom. The van der Waals surface area contributed by atoms with Crippen LogP contribution in [0.1, 0.15) is 31.4 Å². The smallest absolute Gasteiger partial charge is 0.142 e. The molecule has 2 aromatic rings. The summed E-state index contributed by atoms with van der Waals surface area (Å²) in [6, 6.07) is 8.42. The number of halogens is 1. The van der Waals surface area contributed by atoms with Gasteiger partial charge in [-0.15, -0.1) is 0 Å². The largest absolute Gasteiger partial charge is 0.489 e. The van der Waals surface area contributed by atoms with Crippen LogP contribution in [0.2, 0.25) is 0 Å². The first-order chi connectivity index (χ1) is 11.2. The van der Waals surface area contributed by atoms with Gasteiger partial charge >= 0.3 is 0 Å². The van der Waals surface area contributed by atoms with E-state index in [9.17, 15) is 4.39 Å². The fourth-order valence-corrected chi connectivity index (χ4v) is 2.67. The van der Waals surface area contributed by atoms with Crippen molar-refractivity contribution < 1.29 is 13.9 Å². The molecule has 1 saturated heterocycles. The molecule has 0 aliphatic carbocycles. The highest BCUT2D eigenvalue weighted by Gasteiger charge is 2.17. The maximum atomic E-state index is 13.6. The number of ether oxygens (including phenoxy) is 2. The van der Waals surface area contributed by atoms with Crippen molar-refractivity contribution in [2.24, 2.45) is 0 Å². The number of hydrogen-bond acceptors (Lipinski definition) is 4. The van der Waals surface area contributed by atoms with Gasteiger partial charge in [0.25, 0.3) is 0 Å². The van der Waals surface area contributed by atoms with Gasteiger partial charge in [0, 0.05) is 31.1 Å². The average molecular weight is 316 g/mol. The Bertz CT molecular complexity index is 630. The highest BCUT2D eigenvalue weighted by Crippen LogP contribution is 2.29. The minimum atomic E-state index is -0.293. The summed E-state index contributed by atoms with van der Waals surface area (Å²) in [6.07, 6.45) is 5.70. The van der Waals surface area contributed by atoms with Crippen molar-refractivity contribution in [3.8, 4) is 5.75 Å². The minimum Gasteiger partial charge on any atom is -0.489 e. The van der Waals surface area contributed by atoms with Crippen molar-refractivity contribution in [1.82, 2.24) is 4.98 Å². The third-order valence-corrected chi connectivity index (χ3v) is 3.97. The molecule has 23 heavy (non-hydrogen) atoms. The molecule has 4 nitrogen and oxygen atoms in total. The summed E-state index contributed by atoms with van der Waals surface area (Å²) < 4.78 is 25.0. The van der Waals surface area contributed by atoms with Crippen molar-refractivity contribution in [2.75, 3.05) is 18.5 Å². The van der Waals surface area contributed by atoms with Crippen LogP contribution in [0, 0.1) is 5.82 Å². The quantitative estimate of drug-likeness (QED) is 0.876. The van der Waals surface area contributed by atoms with Gasteiger partial charge in [-0.3, -0.25) is 4.98 Å². The van der Waals surface area contributed by atoms with Crippen molar-refractivity contribution in [3.63, 3.8) is 0 Å². The number of anilines is 1. The Hall–Kier alpha value is -2.14. The van der Waals surface area contributed by atoms with Crippen LogP contribution in [-0.4, -0.2) is 24.3 Å². The van der Waals surface area contributed by atoms with E-state index in [0.29, 0.717) is 18.0 Å². The Kier molecular flexibility index (Phi) is 5.08. The van der Waals surface area contributed by atoms with Gasteiger partial charge in [0.05, 0.1) is 11.8 Å². The zero-order valence-electron chi connectivity index (χ0n) is 13.2. The van der Waals surface area contributed by atoms with Crippen LogP contribution in [-0.2, 0) is 4.74 Å². The first kappa shape index (κ1) is 15.7. The lowest BCUT2D eigenvalue weighted by Crippen LogP contribution is -2.17. The summed E-state index contributed by atoms with van der Waals surface area (Å²) in [5.74, 6) is 0.349. The SMILES string of the molecule is C[C@@H](Nc1cc(F)ccc1OC[C@@H]1CCCO1)c1ccncc1. The maximum Gasteiger partial charge on any atom is 0.142 e. The highest BCUT2D eigenvalue weighted by atomic mass is 19.1. The summed E-state index contributed by atoms with van der Waals surface area (Å²) in [7, 11) is 0. The molecule has 1 aliphatic heterocycles. The Balaban J connectivity index is 1.70. The molecule has 0 unspecified atom stereocenters. The molecule has 1 aromatic carbocycles. The lowest BCUT2D eigenvalue weighted by atomic mass is 10.1. The molecule has 0 amide bonds. The number of hydrogen-bond donors (Lipinski definition) is 1. The van der Waals surface area contributed by atoms with E-state index < -0.39 is 0 Å². The number of nitrogens with one attached hydrogen (secondary N) is 1. The summed E-state index contributed by atoms with van der Waals surface area (Å²) in [6.45, 7) is 3.30. The maximum absolute atomic E-state index is 13.6. The normalized spacial score (nSPS) is 18.6. The summed E-state index contributed by atoms with van der Waals surface area (Å²) in [5, 5.41) is 3.31. The lowest BCUT2D eigenvalue weighted by Gasteiger charge is -2.19. The van der Waals surface area contributed by atoms with E-state index in [1.165, 1.54) is 12.1 Å². The molecule has 1 aliphatic rings. The zero-order chi connectivity index (χ0) is 16.1. The van der Waals surface area contributed by atoms with Gasteiger partial charge in [-0.25, -0.2) is 4.39 Å². The summed E-state index contributed by atoms with van der Waals surface area (Å²) in [4.78, 5) is 4.01. The molecule has 0 spiro atoms. The average Bonchev–Trinajstić information content (AvgIpc) is 3.08. The van der Waals surface area contributed by atoms with Crippen LogP contribution in [0.3, 0.4) is 0 Å². The van der Waals surface area contributed by atoms with Crippen molar-refractivity contribution >= 4 is 5.69 Å². The molecule has 122 valence electrons. The molecule has 2 heterocycles. The van der Waals surface area contributed by atoms with Crippen LogP contribution in [0.5, 0.6) is 5.75 Å². The van der Waals surface area contributed by atoms with E-state index >= 15 is 0 Å². The molecule has 1 N–H and O–H groups in total. The highest BCUT2D eigenvalue weighted by molar-refractivity contribution is 5.57. The third-order valence-electron chi connectivity index (χ3n) is 3.97. The number of nitrogens with zero attached hydrogens (tertiary/aromatic N) is 1. The van der Waals surface area contributed by atoms with E-state index in [-0.39, 0.29) is 18.0 Å². The van der Waals surface area contributed by atoms with Crippen LogP contribution < -0.4 is 10.1 Å². The van der Waals surface area contributed by atoms with Crippen molar-refractivity contribution in [1.29, 1.82) is 0 Å². The number of rotatable bonds is 6. The fourth-order valence-electron chi connectivity index (χ4n) is 2.67. The van der Waals surface area contributed by atoms with E-state index in [0.717, 1.165) is 25.0 Å². The van der Waals surface area contributed by atoms with Crippen molar-refractivity contribution in [2.45, 2.75) is 31.9 Å². The van der Waals surface area contributed by atoms with E-state index in [1.807, 2.05) is 19.1 Å². The molecule has 3 rings (SSSR count). The summed E-state index contributed by atoms with van der Waals surface area (Å²) in [5.41, 5.74) is 1.72. The van der Waals surface area contributed by atoms with E-state index in [2.05, 4.69) is 10.3 Å². The molecule has 0 saturated carbocycles. The molecular formula is C18H21FN2O2. The zero-order valence-corrected chi connectivity index (χ0v) is 13.2. The van der Waals surface area contributed by atoms with Gasteiger partial charge in [-0.05, 0) is 49.6 Å². The predicted octanol–water partition coefficient (Wildman–Crippen LogP) is 3.95. The fraction of sp³-hybridized carbons (Fsp3) is 0.389. The van der Waals surface area contributed by atoms with Gasteiger partial charge in [0.15, 0.2) is 0 Å². The second-order valence-electron chi connectivity index (χ2n) is 5.73. The first-order valence-electron chi connectivity index (χ1n) is 7.93. The Labute approximate surface area is 135 Å². The van der Waals surface area contributed by atoms with Crippen molar-refractivity contribution in [3.05, 3.63) is 54.1 Å².